The first kappa shape index (κ1) is 19.6. The summed E-state index contributed by atoms with van der Waals surface area (Å²) in [6, 6.07) is 3.45. The molecule has 0 aromatic heterocycles. The lowest BCUT2D eigenvalue weighted by Crippen LogP contribution is -2.45. The fourth-order valence-electron chi connectivity index (χ4n) is 2.64. The molecule has 1 aromatic rings. The van der Waals surface area contributed by atoms with E-state index in [0.717, 1.165) is 6.42 Å². The molecule has 1 aliphatic rings. The highest BCUT2D eigenvalue weighted by atomic mass is 16.6. The van der Waals surface area contributed by atoms with Crippen LogP contribution in [0.1, 0.15) is 30.6 Å². The van der Waals surface area contributed by atoms with E-state index in [2.05, 4.69) is 10.6 Å². The molecule has 0 bridgehead atoms. The van der Waals surface area contributed by atoms with Gasteiger partial charge in [0, 0.05) is 31.8 Å². The number of rotatable bonds is 7. The van der Waals surface area contributed by atoms with Crippen LogP contribution in [0.25, 0.3) is 0 Å². The van der Waals surface area contributed by atoms with Crippen molar-refractivity contribution in [2.24, 2.45) is 0 Å². The molecule has 1 heterocycles. The van der Waals surface area contributed by atoms with E-state index in [-0.39, 0.29) is 17.2 Å². The summed E-state index contributed by atoms with van der Waals surface area (Å²) in [5, 5.41) is 16.4. The van der Waals surface area contributed by atoms with Gasteiger partial charge in [0.25, 0.3) is 11.6 Å². The Morgan fingerprint density at radius 1 is 1.35 bits per heavy atom. The third-order valence-electron chi connectivity index (χ3n) is 4.08. The maximum atomic E-state index is 12.7. The molecular weight excluding hydrogens is 340 g/mol. The van der Waals surface area contributed by atoms with E-state index < -0.39 is 16.9 Å². The molecule has 2 amide bonds. The first-order valence-electron chi connectivity index (χ1n) is 8.63. The molecule has 1 saturated heterocycles. The first-order chi connectivity index (χ1) is 12.4. The number of non-ortho nitro benzene ring substituents is 1. The molecule has 0 radical (unpaired) electrons. The van der Waals surface area contributed by atoms with Gasteiger partial charge in [-0.05, 0) is 19.4 Å². The van der Waals surface area contributed by atoms with Gasteiger partial charge in [-0.25, -0.2) is 0 Å². The molecule has 1 atom stereocenters. The molecule has 9 nitrogen and oxygen atoms in total. The lowest BCUT2D eigenvalue weighted by atomic mass is 10.1. The molecule has 0 saturated carbocycles. The van der Waals surface area contributed by atoms with Gasteiger partial charge in [-0.1, -0.05) is 6.92 Å². The van der Waals surface area contributed by atoms with Crippen LogP contribution in [-0.2, 0) is 9.53 Å². The Bertz CT molecular complexity index is 673. The fraction of sp³-hybridized carbons (Fsp3) is 0.529. The number of amides is 2. The van der Waals surface area contributed by atoms with Crippen LogP contribution < -0.4 is 15.5 Å². The largest absolute Gasteiger partial charge is 0.378 e. The second kappa shape index (κ2) is 9.14. The number of carbonyl (C=O) groups is 2. The molecule has 2 N–H and O–H groups in total. The number of nitro benzene ring substituents is 1. The SMILES string of the molecule is CCCNC(=O)[C@@H](C)NC(=O)c1cc([N+](=O)[O-])ccc1N1CCOCC1. The highest BCUT2D eigenvalue weighted by molar-refractivity contribution is 6.02. The summed E-state index contributed by atoms with van der Waals surface area (Å²) in [6.07, 6.45) is 0.790. The summed E-state index contributed by atoms with van der Waals surface area (Å²) in [7, 11) is 0. The number of nitrogens with one attached hydrogen (secondary N) is 2. The standard InChI is InChI=1S/C17H24N4O5/c1-3-6-18-16(22)12(2)19-17(23)14-11-13(21(24)25)4-5-15(14)20-7-9-26-10-8-20/h4-5,11-12H,3,6-10H2,1-2H3,(H,18,22)(H,19,23)/t12-/m1/s1. The van der Waals surface area contributed by atoms with Crippen molar-refractivity contribution in [3.63, 3.8) is 0 Å². The number of morpholine rings is 1. The monoisotopic (exact) mass is 364 g/mol. The predicted molar refractivity (Wildman–Crippen MR) is 96.4 cm³/mol. The van der Waals surface area contributed by atoms with Crippen LogP contribution in [0, 0.1) is 10.1 Å². The van der Waals surface area contributed by atoms with Gasteiger partial charge in [-0.2, -0.15) is 0 Å². The van der Waals surface area contributed by atoms with Gasteiger partial charge in [0.1, 0.15) is 6.04 Å². The van der Waals surface area contributed by atoms with Crippen LogP contribution in [0.15, 0.2) is 18.2 Å². The summed E-state index contributed by atoms with van der Waals surface area (Å²) in [5.41, 5.74) is 0.601. The summed E-state index contributed by atoms with van der Waals surface area (Å²) in [4.78, 5) is 37.2. The predicted octanol–water partition coefficient (Wildman–Crippen LogP) is 1.08. The smallest absolute Gasteiger partial charge is 0.270 e. The zero-order valence-corrected chi connectivity index (χ0v) is 15.0. The molecule has 1 aromatic carbocycles. The van der Waals surface area contributed by atoms with Crippen molar-refractivity contribution >= 4 is 23.2 Å². The van der Waals surface area contributed by atoms with Crippen LogP contribution in [0.5, 0.6) is 0 Å². The number of hydrogen-bond donors (Lipinski definition) is 2. The number of anilines is 1. The van der Waals surface area contributed by atoms with E-state index in [9.17, 15) is 19.7 Å². The van der Waals surface area contributed by atoms with Crippen LogP contribution >= 0.6 is 0 Å². The van der Waals surface area contributed by atoms with E-state index >= 15 is 0 Å². The van der Waals surface area contributed by atoms with Gasteiger partial charge < -0.3 is 20.3 Å². The van der Waals surface area contributed by atoms with Crippen molar-refractivity contribution in [2.45, 2.75) is 26.3 Å². The molecule has 1 aliphatic heterocycles. The Morgan fingerprint density at radius 2 is 2.04 bits per heavy atom. The van der Waals surface area contributed by atoms with Crippen LogP contribution in [0.3, 0.4) is 0 Å². The minimum atomic E-state index is -0.745. The van der Waals surface area contributed by atoms with E-state index in [1.807, 2.05) is 11.8 Å². The maximum absolute atomic E-state index is 12.7. The van der Waals surface area contributed by atoms with E-state index in [1.165, 1.54) is 12.1 Å². The van der Waals surface area contributed by atoms with E-state index in [0.29, 0.717) is 38.5 Å². The summed E-state index contributed by atoms with van der Waals surface area (Å²) >= 11 is 0. The molecule has 1 fully saturated rings. The lowest BCUT2D eigenvalue weighted by Gasteiger charge is -2.30. The Kier molecular flexibility index (Phi) is 6.90. The topological polar surface area (TPSA) is 114 Å². The summed E-state index contributed by atoms with van der Waals surface area (Å²) in [6.45, 7) is 6.25. The zero-order chi connectivity index (χ0) is 19.1. The van der Waals surface area contributed by atoms with Gasteiger partial charge in [-0.3, -0.25) is 19.7 Å². The van der Waals surface area contributed by atoms with Gasteiger partial charge in [0.05, 0.1) is 29.4 Å². The minimum absolute atomic E-state index is 0.171. The van der Waals surface area contributed by atoms with Crippen molar-refractivity contribution in [3.05, 3.63) is 33.9 Å². The van der Waals surface area contributed by atoms with Gasteiger partial charge in [-0.15, -0.1) is 0 Å². The van der Waals surface area contributed by atoms with Crippen molar-refractivity contribution in [2.75, 3.05) is 37.7 Å². The average molecular weight is 364 g/mol. The fourth-order valence-corrected chi connectivity index (χ4v) is 2.64. The van der Waals surface area contributed by atoms with Crippen molar-refractivity contribution < 1.29 is 19.2 Å². The van der Waals surface area contributed by atoms with Crippen LogP contribution in [0.4, 0.5) is 11.4 Å². The molecular formula is C17H24N4O5. The highest BCUT2D eigenvalue weighted by Gasteiger charge is 2.24. The molecule has 2 rings (SSSR count). The summed E-state index contributed by atoms with van der Waals surface area (Å²) < 4.78 is 5.31. The minimum Gasteiger partial charge on any atom is -0.378 e. The Hall–Kier alpha value is -2.68. The van der Waals surface area contributed by atoms with Crippen molar-refractivity contribution in [3.8, 4) is 0 Å². The van der Waals surface area contributed by atoms with E-state index in [4.69, 9.17) is 4.74 Å². The third-order valence-corrected chi connectivity index (χ3v) is 4.08. The highest BCUT2D eigenvalue weighted by Crippen LogP contribution is 2.26. The second-order valence-corrected chi connectivity index (χ2v) is 6.04. The molecule has 0 spiro atoms. The number of nitro groups is 1. The molecule has 0 aliphatic carbocycles. The first-order valence-corrected chi connectivity index (χ1v) is 8.63. The van der Waals surface area contributed by atoms with Crippen molar-refractivity contribution in [1.82, 2.24) is 10.6 Å². The normalized spacial score (nSPS) is 15.2. The number of ether oxygens (including phenoxy) is 1. The maximum Gasteiger partial charge on any atom is 0.270 e. The zero-order valence-electron chi connectivity index (χ0n) is 15.0. The number of nitrogens with zero attached hydrogens (tertiary/aromatic N) is 2. The third kappa shape index (κ3) is 4.92. The van der Waals surface area contributed by atoms with Crippen LogP contribution in [-0.4, -0.2) is 55.6 Å². The Balaban J connectivity index is 2.23. The van der Waals surface area contributed by atoms with E-state index in [1.54, 1.807) is 13.0 Å². The second-order valence-electron chi connectivity index (χ2n) is 6.04. The van der Waals surface area contributed by atoms with Crippen LogP contribution in [0.2, 0.25) is 0 Å². The van der Waals surface area contributed by atoms with Gasteiger partial charge >= 0.3 is 0 Å². The van der Waals surface area contributed by atoms with Crippen molar-refractivity contribution in [1.29, 1.82) is 0 Å². The van der Waals surface area contributed by atoms with Gasteiger partial charge in [0.2, 0.25) is 5.91 Å². The number of benzene rings is 1. The quantitative estimate of drug-likeness (QED) is 0.553. The Morgan fingerprint density at radius 3 is 2.65 bits per heavy atom. The van der Waals surface area contributed by atoms with Gasteiger partial charge in [0.15, 0.2) is 0 Å². The molecule has 0 unspecified atom stereocenters. The lowest BCUT2D eigenvalue weighted by molar-refractivity contribution is -0.384. The molecule has 142 valence electrons. The average Bonchev–Trinajstić information content (AvgIpc) is 2.66. The Labute approximate surface area is 151 Å². The number of hydrogen-bond acceptors (Lipinski definition) is 6. The molecule has 26 heavy (non-hydrogen) atoms. The molecule has 9 heteroatoms. The summed E-state index contributed by atoms with van der Waals surface area (Å²) in [5.74, 6) is -0.812. The number of carbonyl (C=O) groups excluding carboxylic acids is 2.